The fraction of sp³-hybridized carbons (Fsp3) is 0.714. The Labute approximate surface area is 291 Å². The maximum Gasteiger partial charge on any atom is 0.106 e. The molecule has 46 heavy (non-hydrogen) atoms. The fourth-order valence-corrected chi connectivity index (χ4v) is 6.83. The Kier molecular flexibility index (Phi) is 27.6. The van der Waals surface area contributed by atoms with E-state index >= 15 is 0 Å². The van der Waals surface area contributed by atoms with Gasteiger partial charge in [-0.15, -0.1) is 0 Å². The Bertz CT molecular complexity index is 852. The van der Waals surface area contributed by atoms with Crippen LogP contribution in [0.4, 0.5) is 0 Å². The van der Waals surface area contributed by atoms with E-state index in [1.165, 1.54) is 127 Å². The second kappa shape index (κ2) is 29.7. The number of benzene rings is 2. The first kappa shape index (κ1) is 42.6. The predicted molar refractivity (Wildman–Crippen MR) is 195 cm³/mol. The quantitative estimate of drug-likeness (QED) is 0.0649. The molecule has 264 valence electrons. The summed E-state index contributed by atoms with van der Waals surface area (Å²) in [5, 5.41) is 11.4. The molecule has 0 aliphatic carbocycles. The number of aliphatic hydroxyl groups excluding tert-OH is 1. The van der Waals surface area contributed by atoms with Crippen LogP contribution in [-0.4, -0.2) is 42.0 Å². The molecule has 2 rings (SSSR count). The van der Waals surface area contributed by atoms with Crippen molar-refractivity contribution in [3.63, 3.8) is 0 Å². The normalized spacial score (nSPS) is 12.2. The Hall–Kier alpha value is -1.39. The smallest absolute Gasteiger partial charge is 0.106 e. The molecule has 0 spiro atoms. The summed E-state index contributed by atoms with van der Waals surface area (Å²) < 4.78 is 7.13. The van der Waals surface area contributed by atoms with Gasteiger partial charge in [0, 0.05) is 17.7 Å². The standard InChI is InChI=1S/C42H72NO2.ClH/c1-3-5-7-9-11-13-14-15-16-18-20-28-35-45-36-34-43(37-40-29-23-21-24-30-40,38-41-31-25-22-26-32-41)39-42(44)33-27-19-17-12-10-8-6-4-2;/h21-26,29-32,42,44H,3-20,27-28,33-39H2,1-2H3;1H/q+1;/p-1. The van der Waals surface area contributed by atoms with Crippen LogP contribution in [-0.2, 0) is 17.8 Å². The number of ether oxygens (including phenoxy) is 1. The average Bonchev–Trinajstić information content (AvgIpc) is 3.05. The summed E-state index contributed by atoms with van der Waals surface area (Å²) in [6.07, 6.45) is 27.5. The Morgan fingerprint density at radius 1 is 0.522 bits per heavy atom. The lowest BCUT2D eigenvalue weighted by molar-refractivity contribution is -0.956. The molecular formula is C42H72ClNO2. The van der Waals surface area contributed by atoms with E-state index in [4.69, 9.17) is 4.74 Å². The molecule has 1 unspecified atom stereocenters. The van der Waals surface area contributed by atoms with Gasteiger partial charge in [0.1, 0.15) is 32.3 Å². The van der Waals surface area contributed by atoms with E-state index in [1.54, 1.807) is 0 Å². The van der Waals surface area contributed by atoms with Crippen molar-refractivity contribution in [2.45, 2.75) is 168 Å². The van der Waals surface area contributed by atoms with Gasteiger partial charge in [0.25, 0.3) is 0 Å². The zero-order valence-corrected chi connectivity index (χ0v) is 30.9. The lowest BCUT2D eigenvalue weighted by atomic mass is 10.0. The maximum atomic E-state index is 11.4. The first-order valence-corrected chi connectivity index (χ1v) is 19.4. The topological polar surface area (TPSA) is 29.5 Å². The molecule has 0 fully saturated rings. The fourth-order valence-electron chi connectivity index (χ4n) is 6.83. The number of nitrogens with zero attached hydrogens (tertiary/aromatic N) is 1. The third-order valence-electron chi connectivity index (χ3n) is 9.56. The minimum absolute atomic E-state index is 0. The van der Waals surface area contributed by atoms with Gasteiger partial charge < -0.3 is 26.7 Å². The van der Waals surface area contributed by atoms with Gasteiger partial charge in [-0.3, -0.25) is 0 Å². The van der Waals surface area contributed by atoms with Crippen LogP contribution in [0.2, 0.25) is 0 Å². The number of unbranched alkanes of at least 4 members (excludes halogenated alkanes) is 18. The minimum Gasteiger partial charge on any atom is -1.00 e. The van der Waals surface area contributed by atoms with Crippen LogP contribution in [0.25, 0.3) is 0 Å². The molecule has 0 aliphatic heterocycles. The summed E-state index contributed by atoms with van der Waals surface area (Å²) >= 11 is 0. The van der Waals surface area contributed by atoms with Crippen molar-refractivity contribution in [1.82, 2.24) is 0 Å². The third kappa shape index (κ3) is 22.2. The number of quaternary nitrogens is 1. The van der Waals surface area contributed by atoms with Crippen molar-refractivity contribution in [1.29, 1.82) is 0 Å². The monoisotopic (exact) mass is 658 g/mol. The highest BCUT2D eigenvalue weighted by Gasteiger charge is 2.31. The highest BCUT2D eigenvalue weighted by Crippen LogP contribution is 2.23. The number of hydrogen-bond donors (Lipinski definition) is 1. The molecule has 4 heteroatoms. The number of halogens is 1. The molecule has 0 amide bonds. The Balaban J connectivity index is 0.0000106. The van der Waals surface area contributed by atoms with Gasteiger partial charge in [-0.25, -0.2) is 0 Å². The third-order valence-corrected chi connectivity index (χ3v) is 9.56. The molecular weight excluding hydrogens is 586 g/mol. The molecule has 0 saturated heterocycles. The summed E-state index contributed by atoms with van der Waals surface area (Å²) in [7, 11) is 0. The number of hydrogen-bond acceptors (Lipinski definition) is 2. The molecule has 0 aliphatic rings. The lowest BCUT2D eigenvalue weighted by Crippen LogP contribution is -3.00. The summed E-state index contributed by atoms with van der Waals surface area (Å²) in [6, 6.07) is 21.8. The maximum absolute atomic E-state index is 11.4. The van der Waals surface area contributed by atoms with Crippen LogP contribution in [0.5, 0.6) is 0 Å². The van der Waals surface area contributed by atoms with Gasteiger partial charge in [-0.2, -0.15) is 0 Å². The van der Waals surface area contributed by atoms with Gasteiger partial charge in [-0.1, -0.05) is 197 Å². The largest absolute Gasteiger partial charge is 1.00 e. The summed E-state index contributed by atoms with van der Waals surface area (Å²) in [4.78, 5) is 0. The SMILES string of the molecule is CCCCCCCCCCCCCCOCC[N+](Cc1ccccc1)(Cc1ccccc1)CC(O)CCCCCCCCCC.[Cl-]. The van der Waals surface area contributed by atoms with E-state index in [1.807, 2.05) is 0 Å². The van der Waals surface area contributed by atoms with Crippen LogP contribution < -0.4 is 12.4 Å². The van der Waals surface area contributed by atoms with E-state index in [0.717, 1.165) is 63.1 Å². The van der Waals surface area contributed by atoms with Gasteiger partial charge in [-0.05, 0) is 12.8 Å². The second-order valence-electron chi connectivity index (χ2n) is 14.0. The van der Waals surface area contributed by atoms with Crippen molar-refractivity contribution in [2.75, 3.05) is 26.3 Å². The number of rotatable bonds is 31. The molecule has 0 aromatic heterocycles. The van der Waals surface area contributed by atoms with Crippen LogP contribution in [0.3, 0.4) is 0 Å². The average molecular weight is 658 g/mol. The molecule has 0 bridgehead atoms. The molecule has 3 nitrogen and oxygen atoms in total. The minimum atomic E-state index is -0.283. The highest BCUT2D eigenvalue weighted by atomic mass is 35.5. The van der Waals surface area contributed by atoms with Crippen molar-refractivity contribution in [3.8, 4) is 0 Å². The lowest BCUT2D eigenvalue weighted by Gasteiger charge is -2.40. The van der Waals surface area contributed by atoms with E-state index in [0.29, 0.717) is 0 Å². The van der Waals surface area contributed by atoms with E-state index in [2.05, 4.69) is 74.5 Å². The molecule has 1 atom stereocenters. The Morgan fingerprint density at radius 2 is 0.913 bits per heavy atom. The zero-order chi connectivity index (χ0) is 32.1. The van der Waals surface area contributed by atoms with Crippen LogP contribution in [0.1, 0.15) is 160 Å². The van der Waals surface area contributed by atoms with Crippen molar-refractivity contribution >= 4 is 0 Å². The van der Waals surface area contributed by atoms with Gasteiger partial charge >= 0.3 is 0 Å². The predicted octanol–water partition coefficient (Wildman–Crippen LogP) is 8.82. The van der Waals surface area contributed by atoms with Crippen LogP contribution in [0.15, 0.2) is 60.7 Å². The van der Waals surface area contributed by atoms with E-state index in [-0.39, 0.29) is 18.5 Å². The summed E-state index contributed by atoms with van der Waals surface area (Å²) in [5.74, 6) is 0. The highest BCUT2D eigenvalue weighted by molar-refractivity contribution is 5.15. The van der Waals surface area contributed by atoms with E-state index < -0.39 is 0 Å². The molecule has 0 heterocycles. The first-order chi connectivity index (χ1) is 22.2. The van der Waals surface area contributed by atoms with Crippen LogP contribution >= 0.6 is 0 Å². The second-order valence-corrected chi connectivity index (χ2v) is 14.0. The molecule has 1 N–H and O–H groups in total. The number of aliphatic hydroxyl groups is 1. The van der Waals surface area contributed by atoms with Gasteiger partial charge in [0.2, 0.25) is 0 Å². The van der Waals surface area contributed by atoms with E-state index in [9.17, 15) is 5.11 Å². The van der Waals surface area contributed by atoms with Gasteiger partial charge in [0.15, 0.2) is 0 Å². The Morgan fingerprint density at radius 3 is 1.35 bits per heavy atom. The molecule has 0 saturated carbocycles. The molecule has 2 aromatic rings. The first-order valence-electron chi connectivity index (χ1n) is 19.4. The zero-order valence-electron chi connectivity index (χ0n) is 30.1. The van der Waals surface area contributed by atoms with Crippen molar-refractivity contribution < 1.29 is 26.7 Å². The van der Waals surface area contributed by atoms with Gasteiger partial charge in [0.05, 0.1) is 6.61 Å². The summed E-state index contributed by atoms with van der Waals surface area (Å²) in [6.45, 7) is 9.73. The molecule has 2 aromatic carbocycles. The summed E-state index contributed by atoms with van der Waals surface area (Å²) in [5.41, 5.74) is 2.68. The molecule has 0 radical (unpaired) electrons. The van der Waals surface area contributed by atoms with Crippen molar-refractivity contribution in [3.05, 3.63) is 71.8 Å². The van der Waals surface area contributed by atoms with Crippen LogP contribution in [0, 0.1) is 0 Å². The van der Waals surface area contributed by atoms with Crippen molar-refractivity contribution in [2.24, 2.45) is 0 Å².